The molecule has 1 atom stereocenters. The van der Waals surface area contributed by atoms with E-state index in [1.807, 2.05) is 62.0 Å². The monoisotopic (exact) mass is 554 g/mol. The Hall–Kier alpha value is -3.21. The van der Waals surface area contributed by atoms with Crippen LogP contribution < -0.4 is 10.6 Å². The zero-order valence-electron chi connectivity index (χ0n) is 20.9. The van der Waals surface area contributed by atoms with E-state index in [-0.39, 0.29) is 29.5 Å². The number of thiazole rings is 1. The van der Waals surface area contributed by atoms with Crippen molar-refractivity contribution in [2.75, 3.05) is 11.1 Å². The maximum Gasteiger partial charge on any atom is 0.251 e. The zero-order valence-corrected chi connectivity index (χ0v) is 23.2. The van der Waals surface area contributed by atoms with Crippen molar-refractivity contribution in [2.45, 2.75) is 32.0 Å². The average molecular weight is 555 g/mol. The molecule has 2 aromatic heterocycles. The fourth-order valence-electron chi connectivity index (χ4n) is 3.55. The van der Waals surface area contributed by atoms with Crippen molar-refractivity contribution in [1.82, 2.24) is 25.1 Å². The van der Waals surface area contributed by atoms with Gasteiger partial charge >= 0.3 is 0 Å². The molecule has 2 aromatic carbocycles. The number of carbonyl (C=O) groups excluding carboxylic acids is 2. The number of carbonyl (C=O) groups is 2. The van der Waals surface area contributed by atoms with E-state index in [0.29, 0.717) is 26.7 Å². The summed E-state index contributed by atoms with van der Waals surface area (Å²) in [5.74, 6) is 0.418. The van der Waals surface area contributed by atoms with E-state index in [9.17, 15) is 9.59 Å². The van der Waals surface area contributed by atoms with Gasteiger partial charge in [-0.25, -0.2) is 4.98 Å². The summed E-state index contributed by atoms with van der Waals surface area (Å²) in [4.78, 5) is 29.9. The van der Waals surface area contributed by atoms with Gasteiger partial charge in [-0.15, -0.1) is 21.5 Å². The molecule has 0 aliphatic carbocycles. The number of thioether (sulfide) groups is 1. The van der Waals surface area contributed by atoms with Gasteiger partial charge in [0.2, 0.25) is 5.91 Å². The van der Waals surface area contributed by atoms with Gasteiger partial charge in [0, 0.05) is 28.6 Å². The second kappa shape index (κ2) is 11.9. The van der Waals surface area contributed by atoms with E-state index in [1.54, 1.807) is 24.3 Å². The van der Waals surface area contributed by atoms with Crippen molar-refractivity contribution in [3.8, 4) is 11.3 Å². The summed E-state index contributed by atoms with van der Waals surface area (Å²) in [5, 5.41) is 18.1. The van der Waals surface area contributed by atoms with E-state index in [4.69, 9.17) is 11.6 Å². The van der Waals surface area contributed by atoms with Gasteiger partial charge in [0.1, 0.15) is 0 Å². The minimum absolute atomic E-state index is 0.0629. The molecule has 0 aliphatic heterocycles. The number of hydrogen-bond donors (Lipinski definition) is 2. The van der Waals surface area contributed by atoms with Crippen LogP contribution in [0.25, 0.3) is 11.3 Å². The van der Waals surface area contributed by atoms with E-state index >= 15 is 0 Å². The Morgan fingerprint density at radius 3 is 2.46 bits per heavy atom. The second-order valence-corrected chi connectivity index (χ2v) is 11.1. The van der Waals surface area contributed by atoms with E-state index in [1.165, 1.54) is 28.7 Å². The number of benzene rings is 2. The minimum Gasteiger partial charge on any atom is -0.342 e. The molecule has 0 fully saturated rings. The topological polar surface area (TPSA) is 102 Å². The van der Waals surface area contributed by atoms with Crippen LogP contribution in [0.5, 0.6) is 0 Å². The van der Waals surface area contributed by atoms with Gasteiger partial charge in [0.15, 0.2) is 16.1 Å². The number of hydrogen-bond acceptors (Lipinski definition) is 7. The van der Waals surface area contributed by atoms with Crippen LogP contribution in [-0.4, -0.2) is 37.3 Å². The number of halogens is 1. The van der Waals surface area contributed by atoms with E-state index < -0.39 is 0 Å². The first-order valence-electron chi connectivity index (χ1n) is 11.6. The highest BCUT2D eigenvalue weighted by atomic mass is 35.5. The van der Waals surface area contributed by atoms with Gasteiger partial charge < -0.3 is 15.2 Å². The highest BCUT2D eigenvalue weighted by Gasteiger charge is 2.25. The summed E-state index contributed by atoms with van der Waals surface area (Å²) in [5.41, 5.74) is 3.52. The van der Waals surface area contributed by atoms with Crippen LogP contribution in [0.1, 0.15) is 41.6 Å². The number of aryl methyl sites for hydroxylation is 1. The number of nitrogens with zero attached hydrogens (tertiary/aromatic N) is 4. The van der Waals surface area contributed by atoms with Crippen molar-refractivity contribution >= 4 is 51.6 Å². The van der Waals surface area contributed by atoms with Gasteiger partial charge in [-0.05, 0) is 37.1 Å². The fourth-order valence-corrected chi connectivity index (χ4v) is 5.13. The highest BCUT2D eigenvalue weighted by molar-refractivity contribution is 7.99. The molecule has 4 rings (SSSR count). The maximum absolute atomic E-state index is 12.8. The molecule has 8 nitrogen and oxygen atoms in total. The Balaban J connectivity index is 1.37. The van der Waals surface area contributed by atoms with Gasteiger partial charge in [-0.1, -0.05) is 67.0 Å². The second-order valence-electron chi connectivity index (χ2n) is 8.84. The van der Waals surface area contributed by atoms with Crippen LogP contribution in [0.15, 0.2) is 59.1 Å². The van der Waals surface area contributed by atoms with Gasteiger partial charge in [-0.2, -0.15) is 0 Å². The molecule has 11 heteroatoms. The van der Waals surface area contributed by atoms with Crippen LogP contribution in [-0.2, 0) is 11.8 Å². The first kappa shape index (κ1) is 26.8. The molecule has 2 N–H and O–H groups in total. The molecular formula is C26H27ClN6O2S2. The van der Waals surface area contributed by atoms with Crippen LogP contribution in [0.3, 0.4) is 0 Å². The molecule has 2 heterocycles. The van der Waals surface area contributed by atoms with Crippen molar-refractivity contribution in [2.24, 2.45) is 13.0 Å². The summed E-state index contributed by atoms with van der Waals surface area (Å²) >= 11 is 8.59. The van der Waals surface area contributed by atoms with Crippen LogP contribution in [0.4, 0.5) is 5.13 Å². The third kappa shape index (κ3) is 6.76. The molecule has 192 valence electrons. The van der Waals surface area contributed by atoms with Crippen LogP contribution in [0.2, 0.25) is 5.02 Å². The lowest BCUT2D eigenvalue weighted by atomic mass is 10.0. The Bertz CT molecular complexity index is 1380. The lowest BCUT2D eigenvalue weighted by Gasteiger charge is -2.21. The standard InChI is InChI=1S/C26H27ClN6O2S2/c1-15(2)22(30-24(35)18-9-11-19(27)12-10-18)23-31-32-26(33(23)4)37-14-21(34)29-25-28-20(13-36-25)17-7-5-16(3)6-8-17/h5-13,15,22H,14H2,1-4H3,(H,30,35)(H,28,29,34)/t22-/m0/s1. The summed E-state index contributed by atoms with van der Waals surface area (Å²) < 4.78 is 1.81. The quantitative estimate of drug-likeness (QED) is 0.255. The molecule has 0 aliphatic rings. The molecule has 2 amide bonds. The number of anilines is 1. The van der Waals surface area contributed by atoms with Gasteiger partial charge in [-0.3, -0.25) is 9.59 Å². The van der Waals surface area contributed by atoms with Crippen molar-refractivity contribution in [3.63, 3.8) is 0 Å². The number of amides is 2. The van der Waals surface area contributed by atoms with Crippen LogP contribution in [0, 0.1) is 12.8 Å². The summed E-state index contributed by atoms with van der Waals surface area (Å²) in [6, 6.07) is 14.4. The molecular weight excluding hydrogens is 528 g/mol. The summed E-state index contributed by atoms with van der Waals surface area (Å²) in [7, 11) is 1.83. The first-order valence-corrected chi connectivity index (χ1v) is 13.9. The lowest BCUT2D eigenvalue weighted by Crippen LogP contribution is -2.33. The maximum atomic E-state index is 12.8. The fraction of sp³-hybridized carbons (Fsp3) is 0.269. The third-order valence-corrected chi connectivity index (χ3v) is 7.67. The van der Waals surface area contributed by atoms with Crippen molar-refractivity contribution in [1.29, 1.82) is 0 Å². The summed E-state index contributed by atoms with van der Waals surface area (Å²) in [6.07, 6.45) is 0. The third-order valence-electron chi connectivity index (χ3n) is 5.64. The number of aromatic nitrogens is 4. The largest absolute Gasteiger partial charge is 0.342 e. The molecule has 0 spiro atoms. The normalized spacial score (nSPS) is 11.9. The van der Waals surface area contributed by atoms with Crippen molar-refractivity contribution in [3.05, 3.63) is 75.9 Å². The smallest absolute Gasteiger partial charge is 0.251 e. The van der Waals surface area contributed by atoms with Crippen molar-refractivity contribution < 1.29 is 9.59 Å². The Kier molecular flexibility index (Phi) is 8.63. The average Bonchev–Trinajstić information content (AvgIpc) is 3.48. The predicted octanol–water partition coefficient (Wildman–Crippen LogP) is 5.76. The number of rotatable bonds is 9. The van der Waals surface area contributed by atoms with Crippen LogP contribution >= 0.6 is 34.7 Å². The van der Waals surface area contributed by atoms with E-state index in [0.717, 1.165) is 11.3 Å². The lowest BCUT2D eigenvalue weighted by molar-refractivity contribution is -0.113. The zero-order chi connectivity index (χ0) is 26.5. The predicted molar refractivity (Wildman–Crippen MR) is 149 cm³/mol. The van der Waals surface area contributed by atoms with E-state index in [2.05, 4.69) is 25.8 Å². The molecule has 0 unspecified atom stereocenters. The molecule has 0 saturated carbocycles. The molecule has 37 heavy (non-hydrogen) atoms. The SMILES string of the molecule is Cc1ccc(-c2csc(NC(=O)CSc3nnc([C@@H](NC(=O)c4ccc(Cl)cc4)C(C)C)n3C)n2)cc1. The number of nitrogens with one attached hydrogen (secondary N) is 2. The first-order chi connectivity index (χ1) is 17.7. The van der Waals surface area contributed by atoms with Gasteiger partial charge in [0.05, 0.1) is 17.5 Å². The molecule has 0 bridgehead atoms. The van der Waals surface area contributed by atoms with Gasteiger partial charge in [0.25, 0.3) is 5.91 Å². The Morgan fingerprint density at radius 2 is 1.78 bits per heavy atom. The summed E-state index contributed by atoms with van der Waals surface area (Å²) in [6.45, 7) is 6.04. The molecule has 4 aromatic rings. The highest BCUT2D eigenvalue weighted by Crippen LogP contribution is 2.27. The molecule has 0 saturated heterocycles. The minimum atomic E-state index is -0.362. The Morgan fingerprint density at radius 1 is 1.08 bits per heavy atom. The Labute approximate surface area is 228 Å². The molecule has 0 radical (unpaired) electrons.